The lowest BCUT2D eigenvalue weighted by Crippen LogP contribution is -1.76. The van der Waals surface area contributed by atoms with Gasteiger partial charge in [-0.05, 0) is 23.2 Å². The second-order valence-electron chi connectivity index (χ2n) is 4.14. The molecule has 0 amide bonds. The summed E-state index contributed by atoms with van der Waals surface area (Å²) < 4.78 is 71.5. The van der Waals surface area contributed by atoms with Crippen molar-refractivity contribution >= 4 is 21.8 Å². The minimum Gasteiger partial charge on any atom is -0.354 e. The molecule has 0 spiro atoms. The first-order valence-electron chi connectivity index (χ1n) is 10.2. The maximum absolute atomic E-state index is 8.15. The fourth-order valence-corrected chi connectivity index (χ4v) is 2.16. The van der Waals surface area contributed by atoms with Gasteiger partial charge in [-0.15, -0.1) is 0 Å². The van der Waals surface area contributed by atoms with Crippen molar-refractivity contribution in [3.05, 3.63) is 72.6 Å². The van der Waals surface area contributed by atoms with Crippen LogP contribution >= 0.6 is 0 Å². The number of hydrogen-bond acceptors (Lipinski definition) is 0. The van der Waals surface area contributed by atoms with Gasteiger partial charge in [-0.1, -0.05) is 60.5 Å². The summed E-state index contributed by atoms with van der Waals surface area (Å²) in [6, 6.07) is 1.87. The second kappa shape index (κ2) is 3.99. The van der Waals surface area contributed by atoms with Crippen LogP contribution in [0.2, 0.25) is 0 Å². The molecule has 0 bridgehead atoms. The number of benzene rings is 3. The molecule has 0 aliphatic carbocycles. The van der Waals surface area contributed by atoms with E-state index in [0.29, 0.717) is 21.9 Å². The molecule has 4 rings (SSSR count). The van der Waals surface area contributed by atoms with Crippen molar-refractivity contribution in [3.8, 4) is 11.1 Å². The minimum atomic E-state index is -0.464. The highest BCUT2D eigenvalue weighted by Gasteiger charge is 2.04. The van der Waals surface area contributed by atoms with E-state index in [9.17, 15) is 0 Å². The molecule has 1 N–H and O–H groups in total. The van der Waals surface area contributed by atoms with Crippen molar-refractivity contribution in [1.29, 1.82) is 0 Å². The van der Waals surface area contributed by atoms with Gasteiger partial charge in [-0.3, -0.25) is 0 Å². The normalized spacial score (nSPS) is 17.8. The van der Waals surface area contributed by atoms with Crippen LogP contribution in [0, 0.1) is 0 Å². The van der Waals surface area contributed by atoms with Crippen molar-refractivity contribution in [2.45, 2.75) is 0 Å². The Balaban J connectivity index is 2.07. The number of rotatable bonds is 1. The molecule has 4 aromatic rings. The number of para-hydroxylation sites is 1. The van der Waals surface area contributed by atoms with Crippen LogP contribution in [0.3, 0.4) is 0 Å². The van der Waals surface area contributed by atoms with Crippen LogP contribution in [0.25, 0.3) is 32.9 Å². The summed E-state index contributed by atoms with van der Waals surface area (Å²) in [5.41, 5.74) is 1.21. The minimum absolute atomic E-state index is 0.0612. The third-order valence-corrected chi connectivity index (χ3v) is 3.02. The van der Waals surface area contributed by atoms with Gasteiger partial charge in [0, 0.05) is 21.8 Å². The highest BCUT2D eigenvalue weighted by molar-refractivity contribution is 6.08. The first-order valence-corrected chi connectivity index (χ1v) is 5.74. The van der Waals surface area contributed by atoms with Crippen LogP contribution in [0.1, 0.15) is 12.3 Å². The molecule has 0 saturated carbocycles. The molecule has 0 saturated heterocycles. The van der Waals surface area contributed by atoms with Crippen LogP contribution in [0.5, 0.6) is 0 Å². The van der Waals surface area contributed by atoms with Gasteiger partial charge in [0.15, 0.2) is 0 Å². The number of aromatic nitrogens is 1. The first kappa shape index (κ1) is 4.86. The van der Waals surface area contributed by atoms with Crippen LogP contribution in [0.15, 0.2) is 72.6 Å². The quantitative estimate of drug-likeness (QED) is 0.491. The zero-order valence-electron chi connectivity index (χ0n) is 18.7. The van der Waals surface area contributed by atoms with Crippen molar-refractivity contribution in [2.24, 2.45) is 0 Å². The van der Waals surface area contributed by atoms with Gasteiger partial charge in [0.25, 0.3) is 0 Å². The Kier molecular flexibility index (Phi) is 1.02. The van der Waals surface area contributed by atoms with E-state index >= 15 is 0 Å². The van der Waals surface area contributed by atoms with E-state index < -0.39 is 18.1 Å². The Morgan fingerprint density at radius 1 is 0.684 bits per heavy atom. The average Bonchev–Trinajstić information content (AvgIpc) is 3.06. The van der Waals surface area contributed by atoms with Crippen molar-refractivity contribution in [3.63, 3.8) is 0 Å². The highest BCUT2D eigenvalue weighted by atomic mass is 14.7. The lowest BCUT2D eigenvalue weighted by Gasteiger charge is -2.01. The SMILES string of the molecule is [2H]c1c([2H])c([2H])c(-c2ccc3c(c2)[nH]c2c([2H])c([2H])c([2H])c([2H])c23)c([2H])c1[2H]. The molecular weight excluding hydrogens is 230 g/mol. The maximum atomic E-state index is 8.15. The molecular formula is C18H13N. The molecule has 0 aliphatic heterocycles. The monoisotopic (exact) mass is 252 g/mol. The lowest BCUT2D eigenvalue weighted by atomic mass is 10.0. The molecule has 0 aliphatic rings. The Morgan fingerprint density at radius 3 is 2.37 bits per heavy atom. The van der Waals surface area contributed by atoms with Gasteiger partial charge in [0.2, 0.25) is 0 Å². The smallest absolute Gasteiger partial charge is 0.0645 e. The second-order valence-corrected chi connectivity index (χ2v) is 4.14. The van der Waals surface area contributed by atoms with Crippen LogP contribution < -0.4 is 0 Å². The molecule has 0 fully saturated rings. The third kappa shape index (κ3) is 1.63. The summed E-state index contributed by atoms with van der Waals surface area (Å²) >= 11 is 0. The summed E-state index contributed by atoms with van der Waals surface area (Å²) in [6.45, 7) is 0. The molecule has 3 aromatic carbocycles. The fraction of sp³-hybridized carbons (Fsp3) is 0. The highest BCUT2D eigenvalue weighted by Crippen LogP contribution is 2.29. The molecule has 90 valence electrons. The van der Waals surface area contributed by atoms with E-state index in [0.717, 1.165) is 0 Å². The van der Waals surface area contributed by atoms with Crippen molar-refractivity contribution in [2.75, 3.05) is 0 Å². The predicted octanol–water partition coefficient (Wildman–Crippen LogP) is 4.99. The van der Waals surface area contributed by atoms with E-state index in [1.165, 1.54) is 0 Å². The Labute approximate surface area is 124 Å². The zero-order chi connectivity index (χ0) is 20.5. The van der Waals surface area contributed by atoms with Crippen LogP contribution in [-0.2, 0) is 0 Å². The van der Waals surface area contributed by atoms with Gasteiger partial charge in [-0.2, -0.15) is 0 Å². The van der Waals surface area contributed by atoms with E-state index in [1.807, 2.05) is 0 Å². The van der Waals surface area contributed by atoms with Gasteiger partial charge in [0.1, 0.15) is 0 Å². The predicted molar refractivity (Wildman–Crippen MR) is 81.2 cm³/mol. The Morgan fingerprint density at radius 2 is 1.47 bits per heavy atom. The Bertz CT molecular complexity index is 1280. The van der Waals surface area contributed by atoms with Gasteiger partial charge in [-0.25, -0.2) is 0 Å². The summed E-state index contributed by atoms with van der Waals surface area (Å²) in [5.74, 6) is 0. The molecule has 1 heteroatoms. The number of hydrogen-bond donors (Lipinski definition) is 1. The standard InChI is InChI=1S/C18H13N/c1-2-6-13(7-3-1)14-10-11-16-15-8-4-5-9-17(15)19-18(16)12-14/h1-12,19H/i1D,2D,3D,4D,5D,6D,7D,8D,9D. The fourth-order valence-electron chi connectivity index (χ4n) is 2.16. The molecule has 1 heterocycles. The van der Waals surface area contributed by atoms with Crippen LogP contribution in [-0.4, -0.2) is 4.98 Å². The van der Waals surface area contributed by atoms with Gasteiger partial charge in [0.05, 0.1) is 12.3 Å². The summed E-state index contributed by atoms with van der Waals surface area (Å²) in [5, 5.41) is 0.923. The van der Waals surface area contributed by atoms with E-state index in [1.54, 1.807) is 18.2 Å². The molecule has 1 nitrogen and oxygen atoms in total. The van der Waals surface area contributed by atoms with E-state index in [-0.39, 0.29) is 47.3 Å². The molecule has 0 atom stereocenters. The number of fused-ring (bicyclic) bond motifs is 3. The molecule has 1 aromatic heterocycles. The average molecular weight is 252 g/mol. The third-order valence-electron chi connectivity index (χ3n) is 3.02. The maximum Gasteiger partial charge on any atom is 0.0645 e. The lowest BCUT2D eigenvalue weighted by molar-refractivity contribution is 1.54. The number of H-pyrrole nitrogens is 1. The van der Waals surface area contributed by atoms with Crippen molar-refractivity contribution < 1.29 is 12.3 Å². The van der Waals surface area contributed by atoms with E-state index in [2.05, 4.69) is 4.98 Å². The molecule has 19 heavy (non-hydrogen) atoms. The first-order chi connectivity index (χ1) is 13.1. The molecule has 0 radical (unpaired) electrons. The summed E-state index contributed by atoms with van der Waals surface area (Å²) in [7, 11) is 0. The number of aromatic amines is 1. The van der Waals surface area contributed by atoms with Gasteiger partial charge < -0.3 is 4.98 Å². The summed E-state index contributed by atoms with van der Waals surface area (Å²) in [6.07, 6.45) is 0. The molecule has 0 unspecified atom stereocenters. The van der Waals surface area contributed by atoms with Crippen molar-refractivity contribution in [1.82, 2.24) is 4.98 Å². The largest absolute Gasteiger partial charge is 0.354 e. The van der Waals surface area contributed by atoms with Crippen LogP contribution in [0.4, 0.5) is 0 Å². The topological polar surface area (TPSA) is 15.8 Å². The summed E-state index contributed by atoms with van der Waals surface area (Å²) in [4.78, 5) is 2.98. The van der Waals surface area contributed by atoms with Gasteiger partial charge >= 0.3 is 0 Å². The zero-order valence-corrected chi connectivity index (χ0v) is 9.73. The number of nitrogens with one attached hydrogen (secondary N) is 1. The Hall–Kier alpha value is -2.54. The van der Waals surface area contributed by atoms with E-state index in [4.69, 9.17) is 12.3 Å².